The van der Waals surface area contributed by atoms with Crippen molar-refractivity contribution in [3.8, 4) is 5.88 Å². The van der Waals surface area contributed by atoms with Gasteiger partial charge in [-0.2, -0.15) is 0 Å². The van der Waals surface area contributed by atoms with Crippen LogP contribution in [0.25, 0.3) is 6.08 Å². The minimum Gasteiger partial charge on any atom is -0.474 e. The number of nitrogens with one attached hydrogen (secondary N) is 1. The lowest BCUT2D eigenvalue weighted by Gasteiger charge is -2.15. The van der Waals surface area contributed by atoms with Gasteiger partial charge in [0.05, 0.1) is 0 Å². The minimum absolute atomic E-state index is 0.158. The summed E-state index contributed by atoms with van der Waals surface area (Å²) in [5, 5.41) is 2.87. The van der Waals surface area contributed by atoms with E-state index in [1.54, 1.807) is 24.7 Å². The van der Waals surface area contributed by atoms with Gasteiger partial charge in [-0.15, -0.1) is 0 Å². The van der Waals surface area contributed by atoms with E-state index in [-0.39, 0.29) is 12.0 Å². The first-order valence-electron chi connectivity index (χ1n) is 8.28. The number of carbonyl (C=O) groups is 1. The Labute approximate surface area is 141 Å². The molecule has 0 aromatic carbocycles. The number of hydrogen-bond donors (Lipinski definition) is 1. The second-order valence-corrected chi connectivity index (χ2v) is 5.83. The van der Waals surface area contributed by atoms with E-state index in [1.165, 1.54) is 18.9 Å². The van der Waals surface area contributed by atoms with Gasteiger partial charge in [-0.3, -0.25) is 9.78 Å². The van der Waals surface area contributed by atoms with E-state index in [0.29, 0.717) is 12.4 Å². The number of ether oxygens (including phenoxy) is 1. The highest BCUT2D eigenvalue weighted by atomic mass is 16.5. The van der Waals surface area contributed by atoms with Crippen LogP contribution in [0, 0.1) is 0 Å². The van der Waals surface area contributed by atoms with E-state index in [0.717, 1.165) is 24.0 Å². The van der Waals surface area contributed by atoms with Crippen LogP contribution in [-0.2, 0) is 11.3 Å². The lowest BCUT2D eigenvalue weighted by Crippen LogP contribution is -2.22. The Bertz CT molecular complexity index is 695. The fourth-order valence-electron chi connectivity index (χ4n) is 2.72. The maximum absolute atomic E-state index is 12.0. The van der Waals surface area contributed by atoms with E-state index in [9.17, 15) is 4.79 Å². The largest absolute Gasteiger partial charge is 0.474 e. The molecule has 2 aromatic rings. The number of carbonyl (C=O) groups excluding carboxylic acids is 1. The molecule has 1 N–H and O–H groups in total. The summed E-state index contributed by atoms with van der Waals surface area (Å²) < 4.78 is 5.98. The Morgan fingerprint density at radius 1 is 1.25 bits per heavy atom. The standard InChI is InChI=1S/C19H21N3O2/c23-18(10-9-15-5-3-11-20-13-15)22-14-16-6-4-12-21-19(16)24-17-7-1-2-8-17/h3-6,9-13,17H,1-2,7-8,14H2,(H,22,23). The summed E-state index contributed by atoms with van der Waals surface area (Å²) in [4.78, 5) is 20.3. The molecular formula is C19H21N3O2. The van der Waals surface area contributed by atoms with Crippen LogP contribution in [0.15, 0.2) is 48.9 Å². The number of aromatic nitrogens is 2. The van der Waals surface area contributed by atoms with Crippen LogP contribution >= 0.6 is 0 Å². The normalized spacial score (nSPS) is 14.8. The molecule has 0 radical (unpaired) electrons. The van der Waals surface area contributed by atoms with Crippen molar-refractivity contribution in [1.82, 2.24) is 15.3 Å². The number of rotatable bonds is 6. The molecule has 0 spiro atoms. The molecule has 24 heavy (non-hydrogen) atoms. The van der Waals surface area contributed by atoms with Crippen molar-refractivity contribution in [2.24, 2.45) is 0 Å². The highest BCUT2D eigenvalue weighted by molar-refractivity contribution is 5.91. The summed E-state index contributed by atoms with van der Waals surface area (Å²) in [5.41, 5.74) is 1.78. The number of pyridine rings is 2. The molecule has 1 aliphatic carbocycles. The van der Waals surface area contributed by atoms with Gasteiger partial charge in [0.25, 0.3) is 0 Å². The average molecular weight is 323 g/mol. The van der Waals surface area contributed by atoms with Crippen LogP contribution < -0.4 is 10.1 Å². The van der Waals surface area contributed by atoms with Crippen LogP contribution in [0.4, 0.5) is 0 Å². The Kier molecular flexibility index (Phi) is 5.56. The van der Waals surface area contributed by atoms with Crippen molar-refractivity contribution in [2.75, 3.05) is 0 Å². The minimum atomic E-state index is -0.158. The summed E-state index contributed by atoms with van der Waals surface area (Å²) in [7, 11) is 0. The third-order valence-electron chi connectivity index (χ3n) is 4.00. The van der Waals surface area contributed by atoms with Crippen LogP contribution in [-0.4, -0.2) is 22.0 Å². The predicted octanol–water partition coefficient (Wildman–Crippen LogP) is 3.13. The molecule has 1 amide bonds. The summed E-state index contributed by atoms with van der Waals surface area (Å²) in [5.74, 6) is 0.468. The van der Waals surface area contributed by atoms with E-state index in [2.05, 4.69) is 15.3 Å². The SMILES string of the molecule is O=C(C=Cc1cccnc1)NCc1cccnc1OC1CCCC1. The first-order valence-corrected chi connectivity index (χ1v) is 8.28. The van der Waals surface area contributed by atoms with Crippen LogP contribution in [0.3, 0.4) is 0 Å². The van der Waals surface area contributed by atoms with Crippen molar-refractivity contribution in [1.29, 1.82) is 0 Å². The van der Waals surface area contributed by atoms with E-state index in [4.69, 9.17) is 4.74 Å². The molecule has 0 aliphatic heterocycles. The third-order valence-corrected chi connectivity index (χ3v) is 4.00. The first-order chi connectivity index (χ1) is 11.8. The smallest absolute Gasteiger partial charge is 0.244 e. The quantitative estimate of drug-likeness (QED) is 0.830. The Morgan fingerprint density at radius 3 is 2.88 bits per heavy atom. The van der Waals surface area contributed by atoms with E-state index in [1.807, 2.05) is 24.3 Å². The molecule has 2 aromatic heterocycles. The molecule has 1 saturated carbocycles. The zero-order chi connectivity index (χ0) is 16.6. The second-order valence-electron chi connectivity index (χ2n) is 5.83. The molecule has 3 rings (SSSR count). The molecule has 0 atom stereocenters. The number of hydrogen-bond acceptors (Lipinski definition) is 4. The molecule has 5 heteroatoms. The maximum atomic E-state index is 12.0. The maximum Gasteiger partial charge on any atom is 0.244 e. The zero-order valence-electron chi connectivity index (χ0n) is 13.5. The summed E-state index contributed by atoms with van der Waals surface area (Å²) in [6.07, 6.45) is 13.2. The van der Waals surface area contributed by atoms with Crippen molar-refractivity contribution in [2.45, 2.75) is 38.3 Å². The summed E-state index contributed by atoms with van der Waals surface area (Å²) >= 11 is 0. The lowest BCUT2D eigenvalue weighted by atomic mass is 10.2. The van der Waals surface area contributed by atoms with Gasteiger partial charge in [0, 0.05) is 36.8 Å². The monoisotopic (exact) mass is 323 g/mol. The van der Waals surface area contributed by atoms with Gasteiger partial charge in [0.1, 0.15) is 6.10 Å². The zero-order valence-corrected chi connectivity index (χ0v) is 13.5. The van der Waals surface area contributed by atoms with Crippen LogP contribution in [0.5, 0.6) is 5.88 Å². The van der Waals surface area contributed by atoms with E-state index >= 15 is 0 Å². The van der Waals surface area contributed by atoms with Crippen LogP contribution in [0.1, 0.15) is 36.8 Å². The molecule has 0 unspecified atom stereocenters. The molecule has 5 nitrogen and oxygen atoms in total. The van der Waals surface area contributed by atoms with Gasteiger partial charge in [-0.05, 0) is 49.5 Å². The van der Waals surface area contributed by atoms with Crippen LogP contribution in [0.2, 0.25) is 0 Å². The highest BCUT2D eigenvalue weighted by Gasteiger charge is 2.18. The Hall–Kier alpha value is -2.69. The molecular weight excluding hydrogens is 302 g/mol. The van der Waals surface area contributed by atoms with Gasteiger partial charge in [0.15, 0.2) is 0 Å². The van der Waals surface area contributed by atoms with Crippen molar-refractivity contribution >= 4 is 12.0 Å². The molecule has 124 valence electrons. The molecule has 0 bridgehead atoms. The fourth-order valence-corrected chi connectivity index (χ4v) is 2.72. The van der Waals surface area contributed by atoms with Gasteiger partial charge in [-0.1, -0.05) is 12.1 Å². The lowest BCUT2D eigenvalue weighted by molar-refractivity contribution is -0.116. The van der Waals surface area contributed by atoms with E-state index < -0.39 is 0 Å². The Balaban J connectivity index is 1.56. The Morgan fingerprint density at radius 2 is 2.08 bits per heavy atom. The predicted molar refractivity (Wildman–Crippen MR) is 92.2 cm³/mol. The molecule has 1 aliphatic rings. The summed E-state index contributed by atoms with van der Waals surface area (Å²) in [6.45, 7) is 0.395. The number of nitrogens with zero attached hydrogens (tertiary/aromatic N) is 2. The second kappa shape index (κ2) is 8.24. The molecule has 0 saturated heterocycles. The number of amides is 1. The van der Waals surface area contributed by atoms with Gasteiger partial charge >= 0.3 is 0 Å². The van der Waals surface area contributed by atoms with Crippen molar-refractivity contribution < 1.29 is 9.53 Å². The average Bonchev–Trinajstić information content (AvgIpc) is 3.13. The third kappa shape index (κ3) is 4.65. The molecule has 2 heterocycles. The topological polar surface area (TPSA) is 64.1 Å². The van der Waals surface area contributed by atoms with Gasteiger partial charge < -0.3 is 10.1 Å². The van der Waals surface area contributed by atoms with Crippen molar-refractivity contribution in [3.05, 3.63) is 60.1 Å². The first kappa shape index (κ1) is 16.2. The summed E-state index contributed by atoms with van der Waals surface area (Å²) in [6, 6.07) is 7.52. The molecule has 1 fully saturated rings. The fraction of sp³-hybridized carbons (Fsp3) is 0.316. The van der Waals surface area contributed by atoms with Gasteiger partial charge in [-0.25, -0.2) is 4.98 Å². The van der Waals surface area contributed by atoms with Gasteiger partial charge in [0.2, 0.25) is 11.8 Å². The van der Waals surface area contributed by atoms with Crippen molar-refractivity contribution in [3.63, 3.8) is 0 Å². The highest BCUT2D eigenvalue weighted by Crippen LogP contribution is 2.24.